The lowest BCUT2D eigenvalue weighted by molar-refractivity contribution is 0.301. The van der Waals surface area contributed by atoms with Crippen molar-refractivity contribution in [3.63, 3.8) is 0 Å². The summed E-state index contributed by atoms with van der Waals surface area (Å²) < 4.78 is 0. The fraction of sp³-hybridized carbons (Fsp3) is 1.00. The van der Waals surface area contributed by atoms with Crippen LogP contribution in [0, 0.1) is 11.8 Å². The summed E-state index contributed by atoms with van der Waals surface area (Å²) in [7, 11) is 0. The van der Waals surface area contributed by atoms with Gasteiger partial charge in [-0.05, 0) is 51.2 Å². The Morgan fingerprint density at radius 2 is 2.23 bits per heavy atom. The van der Waals surface area contributed by atoms with Gasteiger partial charge in [-0.15, -0.1) is 0 Å². The second-order valence-electron chi connectivity index (χ2n) is 4.80. The van der Waals surface area contributed by atoms with Crippen LogP contribution >= 0.6 is 0 Å². The lowest BCUT2D eigenvalue weighted by atomic mass is 9.93. The van der Waals surface area contributed by atoms with Crippen molar-refractivity contribution in [1.29, 1.82) is 0 Å². The van der Waals surface area contributed by atoms with Crippen LogP contribution in [0.1, 0.15) is 33.6 Å². The maximum Gasteiger partial charge on any atom is 0.00418 e. The molecule has 78 valence electrons. The first-order valence-electron chi connectivity index (χ1n) is 5.62. The number of rotatable bonds is 4. The third kappa shape index (κ3) is 4.63. The van der Waals surface area contributed by atoms with Crippen molar-refractivity contribution in [2.45, 2.75) is 39.7 Å². The molecule has 0 aromatic heterocycles. The Balaban J connectivity index is 2.06. The number of hydrogen-bond donors (Lipinski definition) is 2. The van der Waals surface area contributed by atoms with E-state index < -0.39 is 0 Å². The first-order valence-corrected chi connectivity index (χ1v) is 5.62. The van der Waals surface area contributed by atoms with E-state index in [0.717, 1.165) is 24.4 Å². The van der Waals surface area contributed by atoms with Crippen LogP contribution in [0.5, 0.6) is 0 Å². The van der Waals surface area contributed by atoms with Gasteiger partial charge in [0.05, 0.1) is 0 Å². The Bertz CT molecular complexity index is 134. The van der Waals surface area contributed by atoms with E-state index >= 15 is 0 Å². The monoisotopic (exact) mass is 184 g/mol. The van der Waals surface area contributed by atoms with Crippen molar-refractivity contribution in [3.05, 3.63) is 0 Å². The van der Waals surface area contributed by atoms with Crippen LogP contribution in [0.15, 0.2) is 0 Å². The summed E-state index contributed by atoms with van der Waals surface area (Å²) in [5.74, 6) is 1.68. The lowest BCUT2D eigenvalue weighted by Gasteiger charge is -2.28. The summed E-state index contributed by atoms with van der Waals surface area (Å²) >= 11 is 0. The highest BCUT2D eigenvalue weighted by Crippen LogP contribution is 2.14. The van der Waals surface area contributed by atoms with Crippen molar-refractivity contribution >= 4 is 0 Å². The van der Waals surface area contributed by atoms with E-state index in [1.807, 2.05) is 0 Å². The summed E-state index contributed by atoms with van der Waals surface area (Å²) in [6.45, 7) is 10.4. The van der Waals surface area contributed by atoms with Crippen molar-refractivity contribution in [2.75, 3.05) is 19.6 Å². The minimum Gasteiger partial charge on any atom is -0.316 e. The van der Waals surface area contributed by atoms with Gasteiger partial charge in [-0.2, -0.15) is 0 Å². The Labute approximate surface area is 82.5 Å². The molecule has 13 heavy (non-hydrogen) atoms. The molecule has 2 unspecified atom stereocenters. The molecule has 0 spiro atoms. The molecule has 1 saturated heterocycles. The summed E-state index contributed by atoms with van der Waals surface area (Å²) in [5, 5.41) is 7.03. The predicted molar refractivity (Wildman–Crippen MR) is 57.9 cm³/mol. The molecule has 0 aromatic rings. The van der Waals surface area contributed by atoms with Gasteiger partial charge in [-0.1, -0.05) is 13.8 Å². The van der Waals surface area contributed by atoms with Gasteiger partial charge in [0.2, 0.25) is 0 Å². The highest BCUT2D eigenvalue weighted by Gasteiger charge is 2.17. The molecule has 2 heteroatoms. The van der Waals surface area contributed by atoms with E-state index in [1.165, 1.54) is 25.9 Å². The average molecular weight is 184 g/mol. The maximum atomic E-state index is 3.55. The normalized spacial score (nSPS) is 29.5. The van der Waals surface area contributed by atoms with Crippen molar-refractivity contribution in [3.8, 4) is 0 Å². The molecule has 1 aliphatic heterocycles. The van der Waals surface area contributed by atoms with Crippen LogP contribution in [0.3, 0.4) is 0 Å². The van der Waals surface area contributed by atoms with E-state index in [4.69, 9.17) is 0 Å². The molecule has 2 N–H and O–H groups in total. The molecule has 2 atom stereocenters. The fourth-order valence-corrected chi connectivity index (χ4v) is 2.00. The van der Waals surface area contributed by atoms with Crippen molar-refractivity contribution < 1.29 is 0 Å². The van der Waals surface area contributed by atoms with Gasteiger partial charge in [-0.3, -0.25) is 0 Å². The molecule has 1 rings (SSSR count). The van der Waals surface area contributed by atoms with E-state index in [9.17, 15) is 0 Å². The predicted octanol–water partition coefficient (Wildman–Crippen LogP) is 1.62. The fourth-order valence-electron chi connectivity index (χ4n) is 2.00. The van der Waals surface area contributed by atoms with Crippen LogP contribution in [-0.2, 0) is 0 Å². The molecule has 0 bridgehead atoms. The van der Waals surface area contributed by atoms with Crippen LogP contribution < -0.4 is 10.6 Å². The molecular formula is C11H24N2. The second-order valence-corrected chi connectivity index (χ2v) is 4.80. The van der Waals surface area contributed by atoms with Crippen molar-refractivity contribution in [1.82, 2.24) is 10.6 Å². The number of hydrogen-bond acceptors (Lipinski definition) is 2. The minimum atomic E-state index is 0.722. The largest absolute Gasteiger partial charge is 0.316 e. The van der Waals surface area contributed by atoms with Gasteiger partial charge in [0.15, 0.2) is 0 Å². The Morgan fingerprint density at radius 1 is 1.46 bits per heavy atom. The molecule has 0 radical (unpaired) electrons. The highest BCUT2D eigenvalue weighted by atomic mass is 14.9. The Kier molecular flexibility index (Phi) is 4.74. The molecule has 0 aliphatic carbocycles. The Hall–Kier alpha value is -0.0800. The maximum absolute atomic E-state index is 3.55. The molecule has 1 heterocycles. The van der Waals surface area contributed by atoms with E-state index in [2.05, 4.69) is 31.4 Å². The van der Waals surface area contributed by atoms with E-state index in [1.54, 1.807) is 0 Å². The number of nitrogens with one attached hydrogen (secondary N) is 2. The summed E-state index contributed by atoms with van der Waals surface area (Å²) in [5.41, 5.74) is 0. The molecule has 2 nitrogen and oxygen atoms in total. The summed E-state index contributed by atoms with van der Waals surface area (Å²) in [4.78, 5) is 0. The van der Waals surface area contributed by atoms with Crippen LogP contribution in [0.4, 0.5) is 0 Å². The summed E-state index contributed by atoms with van der Waals surface area (Å²) in [6.07, 6.45) is 2.68. The zero-order chi connectivity index (χ0) is 9.68. The van der Waals surface area contributed by atoms with Gasteiger partial charge in [0.1, 0.15) is 0 Å². The molecule has 1 aliphatic rings. The minimum absolute atomic E-state index is 0.722. The Morgan fingerprint density at radius 3 is 2.85 bits per heavy atom. The van der Waals surface area contributed by atoms with E-state index in [0.29, 0.717) is 0 Å². The topological polar surface area (TPSA) is 24.1 Å². The quantitative estimate of drug-likeness (QED) is 0.694. The smallest absolute Gasteiger partial charge is 0.00418 e. The zero-order valence-corrected chi connectivity index (χ0v) is 9.27. The zero-order valence-electron chi connectivity index (χ0n) is 9.27. The molecule has 1 fully saturated rings. The second kappa shape index (κ2) is 5.61. The first-order chi connectivity index (χ1) is 6.18. The molecular weight excluding hydrogens is 160 g/mol. The molecule has 0 amide bonds. The van der Waals surface area contributed by atoms with Crippen LogP contribution in [0.25, 0.3) is 0 Å². The first kappa shape index (κ1) is 11.0. The van der Waals surface area contributed by atoms with Gasteiger partial charge in [-0.25, -0.2) is 0 Å². The molecule has 0 aromatic carbocycles. The standard InChI is InChI=1S/C11H24N2/c1-9(2)7-12-8-11-4-5-13-10(3)6-11/h9-13H,4-8H2,1-3H3. The third-order valence-corrected chi connectivity index (χ3v) is 2.72. The lowest BCUT2D eigenvalue weighted by Crippen LogP contribution is -2.39. The average Bonchev–Trinajstić information content (AvgIpc) is 2.03. The number of piperidine rings is 1. The third-order valence-electron chi connectivity index (χ3n) is 2.72. The van der Waals surface area contributed by atoms with Crippen LogP contribution in [0.2, 0.25) is 0 Å². The van der Waals surface area contributed by atoms with Gasteiger partial charge < -0.3 is 10.6 Å². The SMILES string of the molecule is CC(C)CNCC1CCNC(C)C1. The van der Waals surface area contributed by atoms with Gasteiger partial charge in [0.25, 0.3) is 0 Å². The molecule has 0 saturated carbocycles. The van der Waals surface area contributed by atoms with Gasteiger partial charge in [0, 0.05) is 6.04 Å². The van der Waals surface area contributed by atoms with Gasteiger partial charge >= 0.3 is 0 Å². The summed E-state index contributed by atoms with van der Waals surface area (Å²) in [6, 6.07) is 0.722. The van der Waals surface area contributed by atoms with Crippen LogP contribution in [-0.4, -0.2) is 25.7 Å². The van der Waals surface area contributed by atoms with E-state index in [-0.39, 0.29) is 0 Å². The van der Waals surface area contributed by atoms with Crippen molar-refractivity contribution in [2.24, 2.45) is 11.8 Å². The highest BCUT2D eigenvalue weighted by molar-refractivity contribution is 4.76.